The maximum Gasteiger partial charge on any atom is 0.325 e. The van der Waals surface area contributed by atoms with Gasteiger partial charge in [-0.05, 0) is 0 Å². The minimum Gasteiger partial charge on any atom is -0.313 e. The van der Waals surface area contributed by atoms with Crippen LogP contribution in [-0.2, 0) is 0 Å². The minimum absolute atomic E-state index is 0.404. The van der Waals surface area contributed by atoms with Gasteiger partial charge >= 0.3 is 5.69 Å². The van der Waals surface area contributed by atoms with Crippen LogP contribution in [0, 0.1) is 12.3 Å². The Bertz CT molecular complexity index is 412. The van der Waals surface area contributed by atoms with E-state index in [0.717, 1.165) is 0 Å². The average Bonchev–Trinajstić information content (AvgIpc) is 2.03. The van der Waals surface area contributed by atoms with Crippen molar-refractivity contribution in [2.45, 2.75) is 4.90 Å². The second-order valence-electron chi connectivity index (χ2n) is 1.93. The quantitative estimate of drug-likeness (QED) is 0.491. The highest BCUT2D eigenvalue weighted by atomic mass is 32.2. The second-order valence-corrected chi connectivity index (χ2v) is 2.95. The van der Waals surface area contributed by atoms with E-state index in [4.69, 9.17) is 6.42 Å². The molecule has 62 valence electrons. The molecule has 0 fully saturated rings. The molecule has 2 N–H and O–H groups in total. The molecule has 0 radical (unpaired) electrons. The van der Waals surface area contributed by atoms with Crippen molar-refractivity contribution < 1.29 is 0 Å². The molecule has 0 atom stereocenters. The number of hydrogen-bond donors (Lipinski definition) is 2. The smallest absolute Gasteiger partial charge is 0.313 e. The van der Waals surface area contributed by atoms with Crippen LogP contribution in [0.1, 0.15) is 0 Å². The zero-order valence-electron chi connectivity index (χ0n) is 6.09. The number of aromatic nitrogens is 2. The Kier molecular flexibility index (Phi) is 2.77. The molecule has 0 saturated carbocycles. The fraction of sp³-hybridized carbons (Fsp3) is 0.143. The van der Waals surface area contributed by atoms with Gasteiger partial charge in [-0.1, -0.05) is 5.92 Å². The van der Waals surface area contributed by atoms with Gasteiger partial charge in [0.05, 0.1) is 10.6 Å². The number of hydrogen-bond acceptors (Lipinski definition) is 3. The average molecular weight is 182 g/mol. The van der Waals surface area contributed by atoms with Gasteiger partial charge in [-0.15, -0.1) is 18.2 Å². The molecule has 0 unspecified atom stereocenters. The fourth-order valence-electron chi connectivity index (χ4n) is 0.624. The molecule has 0 aliphatic heterocycles. The molecule has 0 bridgehead atoms. The molecule has 0 amide bonds. The van der Waals surface area contributed by atoms with E-state index in [2.05, 4.69) is 15.9 Å². The molecule has 4 nitrogen and oxygen atoms in total. The first-order valence-corrected chi connectivity index (χ1v) is 4.11. The van der Waals surface area contributed by atoms with E-state index in [1.165, 1.54) is 18.0 Å². The molecule has 0 spiro atoms. The summed E-state index contributed by atoms with van der Waals surface area (Å²) in [5, 5.41) is 0. The first-order chi connectivity index (χ1) is 5.74. The van der Waals surface area contributed by atoms with Crippen LogP contribution in [0.3, 0.4) is 0 Å². The van der Waals surface area contributed by atoms with Gasteiger partial charge in [0, 0.05) is 6.20 Å². The molecule has 0 aliphatic carbocycles. The monoisotopic (exact) mass is 182 g/mol. The van der Waals surface area contributed by atoms with Gasteiger partial charge < -0.3 is 4.98 Å². The molecule has 12 heavy (non-hydrogen) atoms. The third kappa shape index (κ3) is 2.04. The van der Waals surface area contributed by atoms with Crippen LogP contribution in [0.5, 0.6) is 0 Å². The minimum atomic E-state index is -0.509. The van der Waals surface area contributed by atoms with E-state index in [1.54, 1.807) is 0 Å². The van der Waals surface area contributed by atoms with Gasteiger partial charge in [0.15, 0.2) is 0 Å². The standard InChI is InChI=1S/C7H6N2O2S/c1-2-3-12-5-4-8-7(11)9-6(5)10/h1,4H,3H2,(H2,8,9,10,11). The summed E-state index contributed by atoms with van der Waals surface area (Å²) in [5.74, 6) is 2.79. The molecule has 1 rings (SSSR count). The number of nitrogens with one attached hydrogen (secondary N) is 2. The normalized spacial score (nSPS) is 9.25. The lowest BCUT2D eigenvalue weighted by atomic mass is 10.7. The van der Waals surface area contributed by atoms with Crippen molar-refractivity contribution in [1.82, 2.24) is 9.97 Å². The van der Waals surface area contributed by atoms with Crippen molar-refractivity contribution in [1.29, 1.82) is 0 Å². The Morgan fingerprint density at radius 3 is 2.92 bits per heavy atom. The summed E-state index contributed by atoms with van der Waals surface area (Å²) in [4.78, 5) is 26.4. The molecular weight excluding hydrogens is 176 g/mol. The first-order valence-electron chi connectivity index (χ1n) is 3.12. The number of rotatable bonds is 2. The predicted octanol–water partition coefficient (Wildman–Crippen LogP) is -0.212. The van der Waals surface area contributed by atoms with Crippen molar-refractivity contribution in [3.63, 3.8) is 0 Å². The van der Waals surface area contributed by atoms with Crippen molar-refractivity contribution in [3.05, 3.63) is 27.0 Å². The highest BCUT2D eigenvalue weighted by Crippen LogP contribution is 2.08. The maximum atomic E-state index is 11.0. The van der Waals surface area contributed by atoms with Crippen LogP contribution in [0.2, 0.25) is 0 Å². The van der Waals surface area contributed by atoms with Crippen LogP contribution in [0.15, 0.2) is 20.7 Å². The summed E-state index contributed by atoms with van der Waals surface area (Å²) in [5.41, 5.74) is -0.913. The number of H-pyrrole nitrogens is 2. The van der Waals surface area contributed by atoms with Gasteiger partial charge in [-0.3, -0.25) is 9.78 Å². The maximum absolute atomic E-state index is 11.0. The first kappa shape index (κ1) is 8.68. The third-order valence-corrected chi connectivity index (χ3v) is 2.02. The molecule has 1 heterocycles. The summed E-state index contributed by atoms with van der Waals surface area (Å²) in [6, 6.07) is 0. The lowest BCUT2D eigenvalue weighted by Gasteiger charge is -1.92. The van der Waals surface area contributed by atoms with Crippen LogP contribution < -0.4 is 11.2 Å². The number of terminal acetylenes is 1. The zero-order valence-corrected chi connectivity index (χ0v) is 6.90. The highest BCUT2D eigenvalue weighted by Gasteiger charge is 1.98. The molecule has 0 saturated heterocycles. The zero-order chi connectivity index (χ0) is 8.97. The van der Waals surface area contributed by atoms with E-state index < -0.39 is 11.2 Å². The van der Waals surface area contributed by atoms with E-state index >= 15 is 0 Å². The van der Waals surface area contributed by atoms with E-state index in [0.29, 0.717) is 10.6 Å². The van der Waals surface area contributed by atoms with Gasteiger partial charge in [-0.25, -0.2) is 4.79 Å². The molecule has 0 aliphatic rings. The Morgan fingerprint density at radius 1 is 1.58 bits per heavy atom. The van der Waals surface area contributed by atoms with Crippen molar-refractivity contribution >= 4 is 11.8 Å². The van der Waals surface area contributed by atoms with Gasteiger partial charge in [0.25, 0.3) is 5.56 Å². The Labute approximate surface area is 72.4 Å². The van der Waals surface area contributed by atoms with Gasteiger partial charge in [0.1, 0.15) is 0 Å². The lowest BCUT2D eigenvalue weighted by molar-refractivity contribution is 0.977. The molecule has 1 aromatic rings. The van der Waals surface area contributed by atoms with E-state index in [-0.39, 0.29) is 0 Å². The second kappa shape index (κ2) is 3.83. The van der Waals surface area contributed by atoms with Gasteiger partial charge in [0.2, 0.25) is 0 Å². The SMILES string of the molecule is C#CCSc1c[nH]c(=O)[nH]c1=O. The number of thioether (sulfide) groups is 1. The summed E-state index contributed by atoms with van der Waals surface area (Å²) in [6.07, 6.45) is 6.35. The Morgan fingerprint density at radius 2 is 2.33 bits per heavy atom. The lowest BCUT2D eigenvalue weighted by Crippen LogP contribution is -2.22. The highest BCUT2D eigenvalue weighted by molar-refractivity contribution is 7.99. The van der Waals surface area contributed by atoms with Crippen molar-refractivity contribution in [2.75, 3.05) is 5.75 Å². The molecule has 1 aromatic heterocycles. The summed E-state index contributed by atoms with van der Waals surface area (Å²) in [7, 11) is 0. The van der Waals surface area contributed by atoms with Crippen LogP contribution in [0.4, 0.5) is 0 Å². The molecular formula is C7H6N2O2S. The predicted molar refractivity (Wildman–Crippen MR) is 47.2 cm³/mol. The number of aromatic amines is 2. The summed E-state index contributed by atoms with van der Waals surface area (Å²) >= 11 is 1.21. The van der Waals surface area contributed by atoms with E-state index in [1.807, 2.05) is 0 Å². The van der Waals surface area contributed by atoms with Crippen LogP contribution in [-0.4, -0.2) is 15.7 Å². The largest absolute Gasteiger partial charge is 0.325 e. The van der Waals surface area contributed by atoms with Crippen molar-refractivity contribution in [2.24, 2.45) is 0 Å². The Hall–Kier alpha value is -1.41. The molecule has 0 aromatic carbocycles. The van der Waals surface area contributed by atoms with Crippen LogP contribution in [0.25, 0.3) is 0 Å². The Balaban J connectivity index is 2.96. The van der Waals surface area contributed by atoms with E-state index in [9.17, 15) is 9.59 Å². The van der Waals surface area contributed by atoms with Crippen molar-refractivity contribution in [3.8, 4) is 12.3 Å². The summed E-state index contributed by atoms with van der Waals surface area (Å²) < 4.78 is 0. The fourth-order valence-corrected chi connectivity index (χ4v) is 1.19. The molecule has 5 heteroatoms. The summed E-state index contributed by atoms with van der Waals surface area (Å²) in [6.45, 7) is 0. The topological polar surface area (TPSA) is 65.7 Å². The van der Waals surface area contributed by atoms with Crippen LogP contribution >= 0.6 is 11.8 Å². The van der Waals surface area contributed by atoms with Gasteiger partial charge in [-0.2, -0.15) is 0 Å². The third-order valence-electron chi connectivity index (χ3n) is 1.10.